The molecule has 6 heteroatoms. The molecular weight excluding hydrogens is 282 g/mol. The molecular formula is C16H13N3O3. The van der Waals surface area contributed by atoms with Crippen LogP contribution in [0.15, 0.2) is 48.5 Å². The van der Waals surface area contributed by atoms with Crippen molar-refractivity contribution in [1.82, 2.24) is 0 Å². The normalized spacial score (nSPS) is 9.59. The maximum absolute atomic E-state index is 11.8. The van der Waals surface area contributed by atoms with E-state index < -0.39 is 12.0 Å². The van der Waals surface area contributed by atoms with Gasteiger partial charge in [0.05, 0.1) is 18.1 Å². The molecule has 2 aromatic carbocycles. The zero-order valence-corrected chi connectivity index (χ0v) is 11.5. The Morgan fingerprint density at radius 2 is 1.45 bits per heavy atom. The van der Waals surface area contributed by atoms with Crippen LogP contribution >= 0.6 is 0 Å². The summed E-state index contributed by atoms with van der Waals surface area (Å²) >= 11 is 0. The highest BCUT2D eigenvalue weighted by Crippen LogP contribution is 2.12. The van der Waals surface area contributed by atoms with E-state index in [-0.39, 0.29) is 6.42 Å². The molecule has 2 amide bonds. The molecule has 0 saturated carbocycles. The quantitative estimate of drug-likeness (QED) is 0.807. The number of aliphatic carboxylic acids is 1. The molecule has 0 radical (unpaired) electrons. The minimum atomic E-state index is -0.903. The summed E-state index contributed by atoms with van der Waals surface area (Å²) in [6, 6.07) is 14.6. The van der Waals surface area contributed by atoms with E-state index in [4.69, 9.17) is 10.4 Å². The maximum atomic E-state index is 11.8. The van der Waals surface area contributed by atoms with Crippen molar-refractivity contribution in [2.75, 3.05) is 10.6 Å². The predicted octanol–water partition coefficient (Wildman–Crippen LogP) is 2.83. The predicted molar refractivity (Wildman–Crippen MR) is 81.6 cm³/mol. The van der Waals surface area contributed by atoms with Gasteiger partial charge in [0, 0.05) is 11.4 Å². The Morgan fingerprint density at radius 1 is 0.955 bits per heavy atom. The molecule has 3 N–H and O–H groups in total. The summed E-state index contributed by atoms with van der Waals surface area (Å²) in [7, 11) is 0. The van der Waals surface area contributed by atoms with Gasteiger partial charge in [-0.15, -0.1) is 0 Å². The Balaban J connectivity index is 1.93. The summed E-state index contributed by atoms with van der Waals surface area (Å²) in [5.74, 6) is -0.903. The summed E-state index contributed by atoms with van der Waals surface area (Å²) in [6.07, 6.45) is -0.0578. The number of hydrogen-bond acceptors (Lipinski definition) is 3. The summed E-state index contributed by atoms with van der Waals surface area (Å²) in [4.78, 5) is 22.4. The molecule has 0 spiro atoms. The number of carboxylic acids is 1. The fourth-order valence-corrected chi connectivity index (χ4v) is 1.80. The van der Waals surface area contributed by atoms with E-state index >= 15 is 0 Å². The van der Waals surface area contributed by atoms with Crippen LogP contribution in [0.3, 0.4) is 0 Å². The van der Waals surface area contributed by atoms with Crippen molar-refractivity contribution in [2.45, 2.75) is 6.42 Å². The first-order valence-corrected chi connectivity index (χ1v) is 6.46. The highest BCUT2D eigenvalue weighted by atomic mass is 16.4. The van der Waals surface area contributed by atoms with Gasteiger partial charge in [-0.05, 0) is 42.0 Å². The van der Waals surface area contributed by atoms with Crippen LogP contribution in [0.25, 0.3) is 0 Å². The molecule has 0 aromatic heterocycles. The number of urea groups is 1. The largest absolute Gasteiger partial charge is 0.481 e. The number of carbonyl (C=O) groups is 2. The molecule has 0 aliphatic carbocycles. The number of anilines is 2. The Hall–Kier alpha value is -3.33. The zero-order chi connectivity index (χ0) is 15.9. The number of benzene rings is 2. The lowest BCUT2D eigenvalue weighted by molar-refractivity contribution is -0.136. The number of amides is 2. The first kappa shape index (κ1) is 15.1. The average Bonchev–Trinajstić information content (AvgIpc) is 2.49. The molecule has 0 unspecified atom stereocenters. The number of carbonyl (C=O) groups excluding carboxylic acids is 1. The molecule has 2 aromatic rings. The third-order valence-electron chi connectivity index (χ3n) is 2.84. The van der Waals surface area contributed by atoms with Crippen molar-refractivity contribution in [3.63, 3.8) is 0 Å². The van der Waals surface area contributed by atoms with Crippen LogP contribution < -0.4 is 10.6 Å². The molecule has 0 bridgehead atoms. The van der Waals surface area contributed by atoms with Gasteiger partial charge in [0.15, 0.2) is 0 Å². The second-order valence-corrected chi connectivity index (χ2v) is 4.54. The van der Waals surface area contributed by atoms with E-state index in [9.17, 15) is 9.59 Å². The van der Waals surface area contributed by atoms with Crippen molar-refractivity contribution in [3.8, 4) is 6.07 Å². The average molecular weight is 295 g/mol. The van der Waals surface area contributed by atoms with E-state index in [1.165, 1.54) is 0 Å². The Bertz CT molecular complexity index is 716. The number of nitriles is 1. The fourth-order valence-electron chi connectivity index (χ4n) is 1.80. The van der Waals surface area contributed by atoms with Crippen LogP contribution in [0, 0.1) is 11.3 Å². The Labute approximate surface area is 127 Å². The van der Waals surface area contributed by atoms with Gasteiger partial charge in [0.2, 0.25) is 0 Å². The van der Waals surface area contributed by atoms with Gasteiger partial charge in [0.1, 0.15) is 0 Å². The van der Waals surface area contributed by atoms with Crippen molar-refractivity contribution in [1.29, 1.82) is 5.26 Å². The molecule has 0 heterocycles. The smallest absolute Gasteiger partial charge is 0.323 e. The van der Waals surface area contributed by atoms with Gasteiger partial charge >= 0.3 is 12.0 Å². The second-order valence-electron chi connectivity index (χ2n) is 4.54. The summed E-state index contributed by atoms with van der Waals surface area (Å²) < 4.78 is 0. The molecule has 2 rings (SSSR count). The van der Waals surface area contributed by atoms with Crippen LogP contribution in [0.1, 0.15) is 11.1 Å². The van der Waals surface area contributed by atoms with E-state index in [1.54, 1.807) is 48.5 Å². The Morgan fingerprint density at radius 3 is 1.91 bits per heavy atom. The van der Waals surface area contributed by atoms with Gasteiger partial charge in [-0.2, -0.15) is 5.26 Å². The van der Waals surface area contributed by atoms with Crippen LogP contribution in [0.2, 0.25) is 0 Å². The van der Waals surface area contributed by atoms with Crippen LogP contribution in [-0.2, 0) is 11.2 Å². The molecule has 0 aliphatic heterocycles. The monoisotopic (exact) mass is 295 g/mol. The van der Waals surface area contributed by atoms with Crippen molar-refractivity contribution in [2.24, 2.45) is 0 Å². The first-order valence-electron chi connectivity index (χ1n) is 6.46. The van der Waals surface area contributed by atoms with Gasteiger partial charge in [-0.25, -0.2) is 4.79 Å². The summed E-state index contributed by atoms with van der Waals surface area (Å²) in [6.45, 7) is 0. The van der Waals surface area contributed by atoms with Crippen molar-refractivity contribution < 1.29 is 14.7 Å². The SMILES string of the molecule is N#Cc1ccc(NC(=O)Nc2ccc(CC(=O)O)cc2)cc1. The number of rotatable bonds is 4. The summed E-state index contributed by atoms with van der Waals surface area (Å²) in [5, 5.41) is 22.7. The van der Waals surface area contributed by atoms with Crippen LogP contribution in [0.5, 0.6) is 0 Å². The van der Waals surface area contributed by atoms with Gasteiger partial charge in [-0.3, -0.25) is 4.79 Å². The van der Waals surface area contributed by atoms with Gasteiger partial charge in [-0.1, -0.05) is 12.1 Å². The lowest BCUT2D eigenvalue weighted by atomic mass is 10.1. The third kappa shape index (κ3) is 4.35. The van der Waals surface area contributed by atoms with Crippen LogP contribution in [0.4, 0.5) is 16.2 Å². The highest BCUT2D eigenvalue weighted by Gasteiger charge is 2.04. The summed E-state index contributed by atoms with van der Waals surface area (Å²) in [5.41, 5.74) is 2.30. The van der Waals surface area contributed by atoms with Gasteiger partial charge < -0.3 is 15.7 Å². The number of hydrogen-bond donors (Lipinski definition) is 3. The molecule has 0 fully saturated rings. The highest BCUT2D eigenvalue weighted by molar-refractivity contribution is 5.99. The number of carboxylic acid groups (broad SMARTS) is 1. The zero-order valence-electron chi connectivity index (χ0n) is 11.5. The minimum absolute atomic E-state index is 0.0578. The molecule has 22 heavy (non-hydrogen) atoms. The standard InChI is InChI=1S/C16H13N3O3/c17-10-12-3-7-14(8-4-12)19-16(22)18-13-5-1-11(2-6-13)9-15(20)21/h1-8H,9H2,(H,20,21)(H2,18,19,22). The molecule has 6 nitrogen and oxygen atoms in total. The van der Waals surface area contributed by atoms with E-state index in [1.807, 2.05) is 6.07 Å². The Kier molecular flexibility index (Phi) is 4.73. The lowest BCUT2D eigenvalue weighted by Crippen LogP contribution is -2.19. The second kappa shape index (κ2) is 6.90. The molecule has 110 valence electrons. The number of nitrogens with zero attached hydrogens (tertiary/aromatic N) is 1. The third-order valence-corrected chi connectivity index (χ3v) is 2.84. The maximum Gasteiger partial charge on any atom is 0.323 e. The van der Waals surface area contributed by atoms with E-state index in [0.717, 1.165) is 0 Å². The van der Waals surface area contributed by atoms with E-state index in [2.05, 4.69) is 10.6 Å². The van der Waals surface area contributed by atoms with Gasteiger partial charge in [0.25, 0.3) is 0 Å². The fraction of sp³-hybridized carbons (Fsp3) is 0.0625. The van der Waals surface area contributed by atoms with Crippen molar-refractivity contribution in [3.05, 3.63) is 59.7 Å². The topological polar surface area (TPSA) is 102 Å². The van der Waals surface area contributed by atoms with E-state index in [0.29, 0.717) is 22.5 Å². The minimum Gasteiger partial charge on any atom is -0.481 e. The van der Waals surface area contributed by atoms with Crippen molar-refractivity contribution >= 4 is 23.4 Å². The molecule has 0 aliphatic rings. The van der Waals surface area contributed by atoms with Crippen LogP contribution in [-0.4, -0.2) is 17.1 Å². The first-order chi connectivity index (χ1) is 10.6. The number of nitrogens with one attached hydrogen (secondary N) is 2. The molecule has 0 saturated heterocycles. The lowest BCUT2D eigenvalue weighted by Gasteiger charge is -2.08. The molecule has 0 atom stereocenters.